The van der Waals surface area contributed by atoms with Crippen LogP contribution in [-0.4, -0.2) is 23.1 Å². The van der Waals surface area contributed by atoms with Crippen molar-refractivity contribution in [1.29, 1.82) is 0 Å². The summed E-state index contributed by atoms with van der Waals surface area (Å²) in [7, 11) is -4.45. The Hall–Kier alpha value is -0.980. The molecule has 5 nitrogen and oxygen atoms in total. The fourth-order valence-corrected chi connectivity index (χ4v) is 1.28. The predicted octanol–water partition coefficient (Wildman–Crippen LogP) is 0.269. The third kappa shape index (κ3) is 2.48. The largest absolute Gasteiger partial charge is 0.371 e. The summed E-state index contributed by atoms with van der Waals surface area (Å²) in [4.78, 5) is 3.78. The number of aryl methyl sites for hydroxylation is 1. The minimum Gasteiger partial charge on any atom is -0.371 e. The molecule has 13 heavy (non-hydrogen) atoms. The zero-order chi connectivity index (χ0) is 10.1. The van der Waals surface area contributed by atoms with Crippen molar-refractivity contribution in [2.75, 3.05) is 0 Å². The minimum atomic E-state index is -4.45. The lowest BCUT2D eigenvalue weighted by Gasteiger charge is -2.06. The Kier molecular flexibility index (Phi) is 2.65. The Bertz CT molecular complexity index is 383. The number of hydrogen-bond donors (Lipinski definition) is 2. The number of hydrogen-bond acceptors (Lipinski definition) is 4. The molecule has 1 heterocycles. The number of aromatic nitrogens is 1. The molecule has 0 spiro atoms. The third-order valence-corrected chi connectivity index (χ3v) is 2.34. The average molecular weight is 203 g/mol. The second-order valence-electron chi connectivity index (χ2n) is 2.60. The number of aliphatic hydroxyl groups excluding tert-OH is 1. The molecule has 0 aromatic carbocycles. The van der Waals surface area contributed by atoms with Crippen molar-refractivity contribution in [1.82, 2.24) is 4.98 Å². The fraction of sp³-hybridized carbons (Fsp3) is 0.286. The van der Waals surface area contributed by atoms with Crippen LogP contribution in [0.25, 0.3) is 0 Å². The van der Waals surface area contributed by atoms with E-state index in [2.05, 4.69) is 4.98 Å². The summed E-state index contributed by atoms with van der Waals surface area (Å²) < 4.78 is 29.5. The summed E-state index contributed by atoms with van der Waals surface area (Å²) in [5.74, 6) is 0. The van der Waals surface area contributed by atoms with Crippen LogP contribution in [0, 0.1) is 6.92 Å². The second kappa shape index (κ2) is 3.41. The van der Waals surface area contributed by atoms with Gasteiger partial charge in [-0.2, -0.15) is 8.42 Å². The molecule has 0 saturated heterocycles. The first kappa shape index (κ1) is 10.1. The van der Waals surface area contributed by atoms with Gasteiger partial charge in [-0.3, -0.25) is 9.54 Å². The zero-order valence-electron chi connectivity index (χ0n) is 6.88. The van der Waals surface area contributed by atoms with E-state index in [4.69, 9.17) is 9.66 Å². The van der Waals surface area contributed by atoms with E-state index >= 15 is 0 Å². The minimum absolute atomic E-state index is 0.0492. The molecule has 1 atom stereocenters. The molecule has 0 aliphatic carbocycles. The van der Waals surface area contributed by atoms with Gasteiger partial charge in [-0.05, 0) is 13.0 Å². The van der Waals surface area contributed by atoms with Crippen molar-refractivity contribution >= 4 is 10.1 Å². The van der Waals surface area contributed by atoms with Crippen LogP contribution in [-0.2, 0) is 10.1 Å². The van der Waals surface area contributed by atoms with Crippen LogP contribution in [0.1, 0.15) is 16.7 Å². The summed E-state index contributed by atoms with van der Waals surface area (Å²) in [6, 6.07) is 2.94. The molecule has 0 fully saturated rings. The van der Waals surface area contributed by atoms with E-state index in [-0.39, 0.29) is 5.56 Å². The number of rotatable bonds is 2. The van der Waals surface area contributed by atoms with Gasteiger partial charge in [0.1, 0.15) is 0 Å². The maximum Gasteiger partial charge on any atom is 0.296 e. The summed E-state index contributed by atoms with van der Waals surface area (Å²) >= 11 is 0. The van der Waals surface area contributed by atoms with Crippen molar-refractivity contribution < 1.29 is 18.1 Å². The molecule has 1 unspecified atom stereocenters. The van der Waals surface area contributed by atoms with Crippen LogP contribution in [0.2, 0.25) is 0 Å². The second-order valence-corrected chi connectivity index (χ2v) is 4.08. The Balaban J connectivity index is 3.04. The lowest BCUT2D eigenvalue weighted by Crippen LogP contribution is -2.11. The summed E-state index contributed by atoms with van der Waals surface area (Å²) in [5, 5.41) is 9.07. The Morgan fingerprint density at radius 1 is 1.46 bits per heavy atom. The molecule has 0 amide bonds. The first-order chi connectivity index (χ1) is 5.91. The quantitative estimate of drug-likeness (QED) is 0.673. The van der Waals surface area contributed by atoms with Gasteiger partial charge >= 0.3 is 0 Å². The van der Waals surface area contributed by atoms with Crippen molar-refractivity contribution in [3.05, 3.63) is 29.6 Å². The van der Waals surface area contributed by atoms with E-state index < -0.39 is 15.6 Å². The van der Waals surface area contributed by atoms with Gasteiger partial charge in [-0.1, -0.05) is 6.07 Å². The predicted molar refractivity (Wildman–Crippen MR) is 45.5 cm³/mol. The third-order valence-electron chi connectivity index (χ3n) is 1.50. The van der Waals surface area contributed by atoms with E-state index in [1.165, 1.54) is 12.3 Å². The average Bonchev–Trinajstić information content (AvgIpc) is 2.03. The molecular weight excluding hydrogens is 194 g/mol. The maximum absolute atomic E-state index is 10.5. The summed E-state index contributed by atoms with van der Waals surface area (Å²) in [5.41, 5.74) is -1.17. The molecule has 72 valence electrons. The van der Waals surface area contributed by atoms with E-state index in [1.807, 2.05) is 0 Å². The highest BCUT2D eigenvalue weighted by Crippen LogP contribution is 2.16. The molecule has 2 N–H and O–H groups in total. The van der Waals surface area contributed by atoms with Gasteiger partial charge in [-0.25, -0.2) is 0 Å². The molecule has 0 radical (unpaired) electrons. The lowest BCUT2D eigenvalue weighted by molar-refractivity contribution is 0.238. The van der Waals surface area contributed by atoms with Crippen molar-refractivity contribution in [3.8, 4) is 0 Å². The van der Waals surface area contributed by atoms with Crippen LogP contribution in [0.5, 0.6) is 0 Å². The molecule has 0 aliphatic heterocycles. The van der Waals surface area contributed by atoms with Crippen LogP contribution in [0.3, 0.4) is 0 Å². The van der Waals surface area contributed by atoms with E-state index in [0.717, 1.165) is 0 Å². The highest BCUT2D eigenvalue weighted by molar-refractivity contribution is 7.85. The lowest BCUT2D eigenvalue weighted by atomic mass is 10.3. The molecule has 6 heteroatoms. The molecule has 0 bridgehead atoms. The van der Waals surface area contributed by atoms with Gasteiger partial charge in [0, 0.05) is 17.5 Å². The molecule has 0 aliphatic rings. The number of aliphatic hydroxyl groups is 1. The molecule has 1 rings (SSSR count). The smallest absolute Gasteiger partial charge is 0.296 e. The monoisotopic (exact) mass is 203 g/mol. The van der Waals surface area contributed by atoms with Crippen molar-refractivity contribution in [2.24, 2.45) is 0 Å². The topological polar surface area (TPSA) is 87.5 Å². The summed E-state index contributed by atoms with van der Waals surface area (Å²) in [6.45, 7) is 1.73. The molecule has 1 aromatic heterocycles. The fourth-order valence-electron chi connectivity index (χ4n) is 0.797. The van der Waals surface area contributed by atoms with Crippen molar-refractivity contribution in [2.45, 2.75) is 12.4 Å². The van der Waals surface area contributed by atoms with E-state index in [0.29, 0.717) is 5.69 Å². The highest BCUT2D eigenvalue weighted by Gasteiger charge is 2.21. The van der Waals surface area contributed by atoms with Gasteiger partial charge in [0.25, 0.3) is 10.1 Å². The first-order valence-electron chi connectivity index (χ1n) is 3.48. The standard InChI is InChI=1S/C7H9NO4S/c1-5-2-3-6(4-8-5)7(9)13(10,11)12/h2-4,7,9H,1H3,(H,10,11,12). The number of pyridine rings is 1. The van der Waals surface area contributed by atoms with Gasteiger partial charge in [0.05, 0.1) is 0 Å². The SMILES string of the molecule is Cc1ccc(C(O)S(=O)(=O)O)cn1. The van der Waals surface area contributed by atoms with Gasteiger partial charge in [-0.15, -0.1) is 0 Å². The van der Waals surface area contributed by atoms with Crippen molar-refractivity contribution in [3.63, 3.8) is 0 Å². The van der Waals surface area contributed by atoms with Crippen LogP contribution in [0.15, 0.2) is 18.3 Å². The summed E-state index contributed by atoms with van der Waals surface area (Å²) in [6.07, 6.45) is 1.20. The van der Waals surface area contributed by atoms with E-state index in [1.54, 1.807) is 13.0 Å². The first-order valence-corrected chi connectivity index (χ1v) is 4.98. The van der Waals surface area contributed by atoms with Crippen LogP contribution >= 0.6 is 0 Å². The highest BCUT2D eigenvalue weighted by atomic mass is 32.2. The Labute approximate surface area is 75.8 Å². The van der Waals surface area contributed by atoms with Gasteiger partial charge in [0.2, 0.25) is 5.44 Å². The Morgan fingerprint density at radius 2 is 2.08 bits per heavy atom. The maximum atomic E-state index is 10.5. The molecule has 1 aromatic rings. The van der Waals surface area contributed by atoms with Crippen LogP contribution < -0.4 is 0 Å². The van der Waals surface area contributed by atoms with Gasteiger partial charge < -0.3 is 5.11 Å². The number of nitrogens with zero attached hydrogens (tertiary/aromatic N) is 1. The zero-order valence-corrected chi connectivity index (χ0v) is 7.69. The molecular formula is C7H9NO4S. The van der Waals surface area contributed by atoms with E-state index in [9.17, 15) is 8.42 Å². The van der Waals surface area contributed by atoms with Gasteiger partial charge in [0.15, 0.2) is 0 Å². The normalized spacial score (nSPS) is 14.1. The Morgan fingerprint density at radius 3 is 2.46 bits per heavy atom. The van der Waals surface area contributed by atoms with Crippen LogP contribution in [0.4, 0.5) is 0 Å². The molecule has 0 saturated carbocycles.